The lowest BCUT2D eigenvalue weighted by Crippen LogP contribution is -2.48. The number of rotatable bonds is 7. The molecular weight excluding hydrogens is 374 g/mol. The van der Waals surface area contributed by atoms with Crippen molar-refractivity contribution >= 4 is 33.4 Å². The van der Waals surface area contributed by atoms with Crippen LogP contribution in [-0.4, -0.2) is 24.6 Å². The van der Waals surface area contributed by atoms with Gasteiger partial charge < -0.3 is 15.4 Å². The number of nitrogens with one attached hydrogen (secondary N) is 2. The second-order valence-electron chi connectivity index (χ2n) is 6.10. The molecule has 0 unspecified atom stereocenters. The van der Waals surface area contributed by atoms with Gasteiger partial charge in [0.15, 0.2) is 0 Å². The van der Waals surface area contributed by atoms with E-state index in [1.165, 1.54) is 0 Å². The van der Waals surface area contributed by atoms with Crippen molar-refractivity contribution in [2.75, 3.05) is 6.54 Å². The Morgan fingerprint density at radius 1 is 1.11 bits per heavy atom. The fourth-order valence-electron chi connectivity index (χ4n) is 2.78. The molecule has 0 fully saturated rings. The molecule has 2 amide bonds. The number of benzene rings is 2. The normalized spacial score (nSPS) is 11.4. The molecule has 0 bridgehead atoms. The van der Waals surface area contributed by atoms with Gasteiger partial charge in [-0.25, -0.2) is 4.79 Å². The minimum Gasteiger partial charge on any atom is -0.445 e. The largest absolute Gasteiger partial charge is 0.445 e. The summed E-state index contributed by atoms with van der Waals surface area (Å²) in [6, 6.07) is 18.2. The highest BCUT2D eigenvalue weighted by molar-refractivity contribution is 7.17. The first-order chi connectivity index (χ1) is 13.7. The number of fused-ring (bicyclic) bond motifs is 1. The first kappa shape index (κ1) is 19.4. The number of nitriles is 1. The molecule has 0 aliphatic carbocycles. The predicted molar refractivity (Wildman–Crippen MR) is 108 cm³/mol. The quantitative estimate of drug-likeness (QED) is 0.602. The van der Waals surface area contributed by atoms with E-state index in [1.54, 1.807) is 11.3 Å². The molecule has 28 heavy (non-hydrogen) atoms. The van der Waals surface area contributed by atoms with Crippen molar-refractivity contribution in [3.63, 3.8) is 0 Å². The van der Waals surface area contributed by atoms with E-state index in [9.17, 15) is 9.59 Å². The number of alkyl carbamates (subject to hydrolysis) is 1. The predicted octanol–water partition coefficient (Wildman–Crippen LogP) is 3.38. The van der Waals surface area contributed by atoms with E-state index in [4.69, 9.17) is 10.00 Å². The summed E-state index contributed by atoms with van der Waals surface area (Å²) in [4.78, 5) is 24.7. The summed E-state index contributed by atoms with van der Waals surface area (Å²) in [5, 5.41) is 16.9. The number of hydrogen-bond donors (Lipinski definition) is 2. The van der Waals surface area contributed by atoms with Crippen molar-refractivity contribution in [1.82, 2.24) is 10.6 Å². The van der Waals surface area contributed by atoms with Crippen LogP contribution in [0.5, 0.6) is 0 Å². The van der Waals surface area contributed by atoms with Crippen LogP contribution in [0.4, 0.5) is 4.79 Å². The van der Waals surface area contributed by atoms with Crippen LogP contribution in [0.3, 0.4) is 0 Å². The minimum atomic E-state index is -0.838. The van der Waals surface area contributed by atoms with Gasteiger partial charge in [-0.15, -0.1) is 11.3 Å². The molecule has 0 spiro atoms. The molecule has 142 valence electrons. The Kier molecular flexibility index (Phi) is 6.60. The Labute approximate surface area is 166 Å². The van der Waals surface area contributed by atoms with Crippen LogP contribution in [0.25, 0.3) is 10.1 Å². The van der Waals surface area contributed by atoms with Crippen LogP contribution in [0.2, 0.25) is 0 Å². The lowest BCUT2D eigenvalue weighted by Gasteiger charge is -2.17. The van der Waals surface area contributed by atoms with Gasteiger partial charge in [0.2, 0.25) is 5.91 Å². The zero-order valence-electron chi connectivity index (χ0n) is 15.1. The van der Waals surface area contributed by atoms with Crippen LogP contribution in [0.1, 0.15) is 11.1 Å². The number of carbonyl (C=O) groups is 2. The maximum absolute atomic E-state index is 12.4. The summed E-state index contributed by atoms with van der Waals surface area (Å²) in [7, 11) is 0. The van der Waals surface area contributed by atoms with Crippen LogP contribution in [-0.2, 0) is 22.6 Å². The zero-order valence-corrected chi connectivity index (χ0v) is 15.9. The summed E-state index contributed by atoms with van der Waals surface area (Å²) in [6.45, 7) is -0.0128. The average Bonchev–Trinajstić information content (AvgIpc) is 3.13. The molecule has 1 aromatic heterocycles. The molecule has 1 atom stereocenters. The highest BCUT2D eigenvalue weighted by atomic mass is 32.1. The van der Waals surface area contributed by atoms with Crippen molar-refractivity contribution in [2.45, 2.75) is 19.1 Å². The molecule has 0 aliphatic rings. The van der Waals surface area contributed by atoms with Gasteiger partial charge in [-0.05, 0) is 28.0 Å². The van der Waals surface area contributed by atoms with E-state index in [2.05, 4.69) is 10.6 Å². The third-order valence-electron chi connectivity index (χ3n) is 4.15. The second kappa shape index (κ2) is 9.53. The molecule has 3 rings (SSSR count). The van der Waals surface area contributed by atoms with Gasteiger partial charge in [-0.3, -0.25) is 4.79 Å². The van der Waals surface area contributed by atoms with Crippen molar-refractivity contribution in [3.8, 4) is 6.07 Å². The monoisotopic (exact) mass is 393 g/mol. The van der Waals surface area contributed by atoms with E-state index in [1.807, 2.05) is 66.0 Å². The number of thiophene rings is 1. The van der Waals surface area contributed by atoms with Gasteiger partial charge in [0.25, 0.3) is 0 Å². The lowest BCUT2D eigenvalue weighted by atomic mass is 10.0. The van der Waals surface area contributed by atoms with E-state index in [0.29, 0.717) is 6.42 Å². The molecule has 0 radical (unpaired) electrons. The van der Waals surface area contributed by atoms with E-state index >= 15 is 0 Å². The van der Waals surface area contributed by atoms with E-state index in [0.717, 1.165) is 21.2 Å². The molecule has 2 N–H and O–H groups in total. The lowest BCUT2D eigenvalue weighted by molar-refractivity contribution is -0.122. The van der Waals surface area contributed by atoms with Gasteiger partial charge in [0.05, 0.1) is 6.07 Å². The summed E-state index contributed by atoms with van der Waals surface area (Å²) < 4.78 is 6.34. The Morgan fingerprint density at radius 3 is 2.64 bits per heavy atom. The topological polar surface area (TPSA) is 91.2 Å². The molecular formula is C21H19N3O3S. The first-order valence-electron chi connectivity index (χ1n) is 8.74. The Balaban J connectivity index is 1.68. The van der Waals surface area contributed by atoms with Crippen molar-refractivity contribution in [3.05, 3.63) is 71.1 Å². The van der Waals surface area contributed by atoms with E-state index < -0.39 is 18.0 Å². The Hall–Kier alpha value is -3.37. The van der Waals surface area contributed by atoms with Crippen molar-refractivity contribution in [2.24, 2.45) is 0 Å². The van der Waals surface area contributed by atoms with E-state index in [-0.39, 0.29) is 13.2 Å². The molecule has 0 saturated carbocycles. The highest BCUT2D eigenvalue weighted by Gasteiger charge is 2.23. The summed E-state index contributed by atoms with van der Waals surface area (Å²) in [5.41, 5.74) is 1.81. The molecule has 6 nitrogen and oxygen atoms in total. The van der Waals surface area contributed by atoms with Gasteiger partial charge in [0.1, 0.15) is 19.2 Å². The second-order valence-corrected chi connectivity index (χ2v) is 7.01. The highest BCUT2D eigenvalue weighted by Crippen LogP contribution is 2.26. The average molecular weight is 393 g/mol. The molecule has 7 heteroatoms. The van der Waals surface area contributed by atoms with Crippen molar-refractivity contribution in [1.29, 1.82) is 5.26 Å². The zero-order chi connectivity index (χ0) is 19.8. The summed E-state index contributed by atoms with van der Waals surface area (Å²) >= 11 is 1.58. The molecule has 1 heterocycles. The van der Waals surface area contributed by atoms with Gasteiger partial charge in [-0.1, -0.05) is 48.5 Å². The number of amides is 2. The molecule has 3 aromatic rings. The number of ether oxygens (including phenoxy) is 1. The van der Waals surface area contributed by atoms with Crippen LogP contribution in [0, 0.1) is 11.3 Å². The third-order valence-corrected chi connectivity index (χ3v) is 5.16. The molecule has 0 saturated heterocycles. The number of hydrogen-bond acceptors (Lipinski definition) is 5. The SMILES string of the molecule is N#CCNC(=O)[C@@H](Cc1csc2ccccc12)NC(=O)OCc1ccccc1. The van der Waals surface area contributed by atoms with Crippen LogP contribution < -0.4 is 10.6 Å². The summed E-state index contributed by atoms with van der Waals surface area (Å²) in [5.74, 6) is -0.423. The first-order valence-corrected chi connectivity index (χ1v) is 9.62. The maximum atomic E-state index is 12.4. The standard InChI is InChI=1S/C21H19N3O3S/c22-10-11-23-20(25)18(12-16-14-28-19-9-5-4-8-17(16)19)24-21(26)27-13-15-6-2-1-3-7-15/h1-9,14,18H,11-13H2,(H,23,25)(H,24,26)/t18-/m1/s1. The Morgan fingerprint density at radius 2 is 1.86 bits per heavy atom. The minimum absolute atomic E-state index is 0.112. The van der Waals surface area contributed by atoms with Crippen molar-refractivity contribution < 1.29 is 14.3 Å². The molecule has 0 aliphatic heterocycles. The Bertz CT molecular complexity index is 995. The van der Waals surface area contributed by atoms with Gasteiger partial charge in [0, 0.05) is 11.1 Å². The molecule has 2 aromatic carbocycles. The fraction of sp³-hybridized carbons (Fsp3) is 0.190. The van der Waals surface area contributed by atoms with Gasteiger partial charge >= 0.3 is 6.09 Å². The third kappa shape index (κ3) is 5.09. The van der Waals surface area contributed by atoms with Crippen LogP contribution >= 0.6 is 11.3 Å². The smallest absolute Gasteiger partial charge is 0.408 e. The number of carbonyl (C=O) groups excluding carboxylic acids is 2. The maximum Gasteiger partial charge on any atom is 0.408 e. The summed E-state index contributed by atoms with van der Waals surface area (Å²) in [6.07, 6.45) is -0.373. The fourth-order valence-corrected chi connectivity index (χ4v) is 3.75. The number of nitrogens with zero attached hydrogens (tertiary/aromatic N) is 1. The van der Waals surface area contributed by atoms with Crippen LogP contribution in [0.15, 0.2) is 60.0 Å². The van der Waals surface area contributed by atoms with Gasteiger partial charge in [-0.2, -0.15) is 5.26 Å².